The van der Waals surface area contributed by atoms with E-state index in [2.05, 4.69) is 15.5 Å². The largest absolute Gasteiger partial charge is 0.497 e. The molecule has 1 heterocycles. The molecule has 1 amide bonds. The Morgan fingerprint density at radius 1 is 1.29 bits per heavy atom. The van der Waals surface area contributed by atoms with Crippen molar-refractivity contribution in [1.29, 1.82) is 0 Å². The number of carbonyl (C=O) groups is 1. The molecule has 134 valence electrons. The summed E-state index contributed by atoms with van der Waals surface area (Å²) in [5.74, 6) is 0.860. The number of nitrogens with zero attached hydrogens (tertiary/aromatic N) is 1. The Labute approximate surface area is 145 Å². The molecule has 0 radical (unpaired) electrons. The highest BCUT2D eigenvalue weighted by Gasteiger charge is 2.16. The molecule has 1 aromatic carbocycles. The fourth-order valence-electron chi connectivity index (χ4n) is 3.07. The van der Waals surface area contributed by atoms with Crippen LogP contribution < -0.4 is 15.4 Å². The summed E-state index contributed by atoms with van der Waals surface area (Å²) in [7, 11) is 1.64. The molecule has 0 unspecified atom stereocenters. The molecule has 2 N–H and O–H groups in total. The molecule has 1 aliphatic heterocycles. The quantitative estimate of drug-likeness (QED) is 0.647. The number of likely N-dealkylation sites (tertiary alicyclic amines) is 1. The monoisotopic (exact) mass is 333 g/mol. The van der Waals surface area contributed by atoms with Crippen LogP contribution in [-0.4, -0.2) is 50.1 Å². The van der Waals surface area contributed by atoms with Crippen molar-refractivity contribution in [3.05, 3.63) is 24.3 Å². The first-order chi connectivity index (χ1) is 11.7. The van der Waals surface area contributed by atoms with Crippen LogP contribution in [0.1, 0.15) is 39.0 Å². The SMILES string of the molecule is CC[C@H](Nc1cccc(OC)c1)C(=O)NCCCCN1CCCC1. The number of amides is 1. The Balaban J connectivity index is 1.68. The molecular formula is C19H31N3O2. The fraction of sp³-hybridized carbons (Fsp3) is 0.632. The topological polar surface area (TPSA) is 53.6 Å². The average Bonchev–Trinajstić information content (AvgIpc) is 3.12. The van der Waals surface area contributed by atoms with Gasteiger partial charge in [0.2, 0.25) is 5.91 Å². The molecule has 0 aromatic heterocycles. The van der Waals surface area contributed by atoms with Crippen LogP contribution in [0.15, 0.2) is 24.3 Å². The number of methoxy groups -OCH3 is 1. The van der Waals surface area contributed by atoms with Crippen LogP contribution in [0.4, 0.5) is 5.69 Å². The van der Waals surface area contributed by atoms with Gasteiger partial charge in [-0.15, -0.1) is 0 Å². The van der Waals surface area contributed by atoms with E-state index in [9.17, 15) is 4.79 Å². The van der Waals surface area contributed by atoms with Crippen LogP contribution in [0.25, 0.3) is 0 Å². The van der Waals surface area contributed by atoms with Crippen LogP contribution in [0.5, 0.6) is 5.75 Å². The lowest BCUT2D eigenvalue weighted by molar-refractivity contribution is -0.121. The molecule has 1 saturated heterocycles. The molecule has 0 aliphatic carbocycles. The second kappa shape index (κ2) is 10.2. The van der Waals surface area contributed by atoms with Gasteiger partial charge in [-0.05, 0) is 63.9 Å². The number of ether oxygens (including phenoxy) is 1. The molecule has 24 heavy (non-hydrogen) atoms. The first kappa shape index (κ1) is 18.6. The molecule has 1 aliphatic rings. The van der Waals surface area contributed by atoms with Gasteiger partial charge < -0.3 is 20.3 Å². The van der Waals surface area contributed by atoms with Crippen LogP contribution in [-0.2, 0) is 4.79 Å². The second-order valence-corrected chi connectivity index (χ2v) is 6.38. The number of anilines is 1. The summed E-state index contributed by atoms with van der Waals surface area (Å²) in [4.78, 5) is 14.9. The zero-order valence-electron chi connectivity index (χ0n) is 15.0. The first-order valence-corrected chi connectivity index (χ1v) is 9.13. The van der Waals surface area contributed by atoms with Crippen molar-refractivity contribution in [2.24, 2.45) is 0 Å². The van der Waals surface area contributed by atoms with Crippen molar-refractivity contribution < 1.29 is 9.53 Å². The predicted molar refractivity (Wildman–Crippen MR) is 98.6 cm³/mol. The minimum Gasteiger partial charge on any atom is -0.497 e. The minimum atomic E-state index is -0.212. The van der Waals surface area contributed by atoms with Crippen LogP contribution in [0.3, 0.4) is 0 Å². The van der Waals surface area contributed by atoms with E-state index >= 15 is 0 Å². The number of benzene rings is 1. The van der Waals surface area contributed by atoms with E-state index in [0.29, 0.717) is 0 Å². The number of nitrogens with one attached hydrogen (secondary N) is 2. The van der Waals surface area contributed by atoms with Crippen LogP contribution in [0, 0.1) is 0 Å². The maximum Gasteiger partial charge on any atom is 0.242 e. The van der Waals surface area contributed by atoms with Gasteiger partial charge in [0, 0.05) is 18.3 Å². The molecule has 0 bridgehead atoms. The highest BCUT2D eigenvalue weighted by molar-refractivity contribution is 5.84. The van der Waals surface area contributed by atoms with Crippen molar-refractivity contribution in [3.63, 3.8) is 0 Å². The van der Waals surface area contributed by atoms with Crippen molar-refractivity contribution in [1.82, 2.24) is 10.2 Å². The third-order valence-corrected chi connectivity index (χ3v) is 4.53. The summed E-state index contributed by atoms with van der Waals surface area (Å²) in [6.07, 6.45) is 5.62. The molecule has 5 heteroatoms. The summed E-state index contributed by atoms with van der Waals surface area (Å²) in [6.45, 7) is 6.42. The van der Waals surface area contributed by atoms with Crippen LogP contribution in [0.2, 0.25) is 0 Å². The van der Waals surface area contributed by atoms with Crippen LogP contribution >= 0.6 is 0 Å². The van der Waals surface area contributed by atoms with Gasteiger partial charge in [0.15, 0.2) is 0 Å². The predicted octanol–water partition coefficient (Wildman–Crippen LogP) is 2.88. The average molecular weight is 333 g/mol. The van der Waals surface area contributed by atoms with Gasteiger partial charge in [0.1, 0.15) is 11.8 Å². The number of carbonyl (C=O) groups excluding carboxylic acids is 1. The summed E-state index contributed by atoms with van der Waals surface area (Å²) in [6, 6.07) is 7.47. The highest BCUT2D eigenvalue weighted by atomic mass is 16.5. The summed E-state index contributed by atoms with van der Waals surface area (Å²) in [5, 5.41) is 6.35. The summed E-state index contributed by atoms with van der Waals surface area (Å²) < 4.78 is 5.22. The lowest BCUT2D eigenvalue weighted by atomic mass is 10.2. The van der Waals surface area contributed by atoms with Crippen molar-refractivity contribution in [3.8, 4) is 5.75 Å². The number of hydrogen-bond acceptors (Lipinski definition) is 4. The second-order valence-electron chi connectivity index (χ2n) is 6.38. The summed E-state index contributed by atoms with van der Waals surface area (Å²) >= 11 is 0. The maximum absolute atomic E-state index is 12.3. The normalized spacial score (nSPS) is 15.9. The minimum absolute atomic E-state index is 0.0708. The van der Waals surface area contributed by atoms with Gasteiger partial charge in [-0.3, -0.25) is 4.79 Å². The van der Waals surface area contributed by atoms with E-state index < -0.39 is 0 Å². The standard InChI is InChI=1S/C19H31N3O2/c1-3-18(21-16-9-8-10-17(15-16)24-2)19(23)20-11-4-5-12-22-13-6-7-14-22/h8-10,15,18,21H,3-7,11-14H2,1-2H3,(H,20,23)/t18-/m0/s1. The third-order valence-electron chi connectivity index (χ3n) is 4.53. The molecule has 1 fully saturated rings. The van der Waals surface area contributed by atoms with Gasteiger partial charge >= 0.3 is 0 Å². The van der Waals surface area contributed by atoms with E-state index in [-0.39, 0.29) is 11.9 Å². The molecule has 0 spiro atoms. The van der Waals surface area contributed by atoms with Gasteiger partial charge in [0.25, 0.3) is 0 Å². The van der Waals surface area contributed by atoms with E-state index in [1.165, 1.54) is 25.9 Å². The van der Waals surface area contributed by atoms with E-state index in [4.69, 9.17) is 4.74 Å². The van der Waals surface area contributed by atoms with Gasteiger partial charge in [0.05, 0.1) is 7.11 Å². The Morgan fingerprint density at radius 3 is 2.79 bits per heavy atom. The lowest BCUT2D eigenvalue weighted by Crippen LogP contribution is -2.39. The number of rotatable bonds is 10. The van der Waals surface area contributed by atoms with Gasteiger partial charge in [-0.25, -0.2) is 0 Å². The Bertz CT molecular complexity index is 501. The Morgan fingerprint density at radius 2 is 2.08 bits per heavy atom. The smallest absolute Gasteiger partial charge is 0.242 e. The molecule has 0 saturated carbocycles. The van der Waals surface area contributed by atoms with E-state index in [1.54, 1.807) is 7.11 Å². The number of unbranched alkanes of at least 4 members (excludes halogenated alkanes) is 1. The number of hydrogen-bond donors (Lipinski definition) is 2. The van der Waals surface area contributed by atoms with Gasteiger partial charge in [-0.1, -0.05) is 13.0 Å². The van der Waals surface area contributed by atoms with E-state index in [1.807, 2.05) is 31.2 Å². The zero-order chi connectivity index (χ0) is 17.2. The zero-order valence-corrected chi connectivity index (χ0v) is 15.0. The first-order valence-electron chi connectivity index (χ1n) is 9.13. The fourth-order valence-corrected chi connectivity index (χ4v) is 3.07. The van der Waals surface area contributed by atoms with Gasteiger partial charge in [-0.2, -0.15) is 0 Å². The molecule has 5 nitrogen and oxygen atoms in total. The highest BCUT2D eigenvalue weighted by Crippen LogP contribution is 2.18. The molecule has 1 atom stereocenters. The Kier molecular flexibility index (Phi) is 7.89. The Hall–Kier alpha value is -1.75. The van der Waals surface area contributed by atoms with E-state index in [0.717, 1.165) is 43.8 Å². The molecule has 1 aromatic rings. The van der Waals surface area contributed by atoms with Crippen molar-refractivity contribution >= 4 is 11.6 Å². The summed E-state index contributed by atoms with van der Waals surface area (Å²) in [5.41, 5.74) is 0.908. The van der Waals surface area contributed by atoms with Crippen molar-refractivity contribution in [2.45, 2.75) is 45.1 Å². The van der Waals surface area contributed by atoms with Crippen molar-refractivity contribution in [2.75, 3.05) is 38.6 Å². The maximum atomic E-state index is 12.3. The molecular weight excluding hydrogens is 302 g/mol. The lowest BCUT2D eigenvalue weighted by Gasteiger charge is -2.19. The third kappa shape index (κ3) is 6.04. The molecule has 2 rings (SSSR count).